The minimum absolute atomic E-state index is 0.0444. The van der Waals surface area contributed by atoms with Crippen molar-refractivity contribution < 1.29 is 5.21 Å². The second-order valence-corrected chi connectivity index (χ2v) is 6.64. The summed E-state index contributed by atoms with van der Waals surface area (Å²) in [6, 6.07) is 14.0. The van der Waals surface area contributed by atoms with Gasteiger partial charge in [0.2, 0.25) is 0 Å². The summed E-state index contributed by atoms with van der Waals surface area (Å²) in [5.41, 5.74) is 6.83. The van der Waals surface area contributed by atoms with Crippen LogP contribution in [0.25, 0.3) is 0 Å². The first-order valence-electron chi connectivity index (χ1n) is 6.56. The van der Waals surface area contributed by atoms with E-state index in [0.717, 1.165) is 16.4 Å². The normalized spacial score (nSPS) is 13.6. The van der Waals surface area contributed by atoms with E-state index in [0.29, 0.717) is 6.42 Å². The van der Waals surface area contributed by atoms with Gasteiger partial charge in [-0.05, 0) is 24.7 Å². The molecule has 112 valence electrons. The second kappa shape index (κ2) is 7.45. The Balaban J connectivity index is 2.18. The van der Waals surface area contributed by atoms with Crippen LogP contribution < -0.4 is 5.73 Å². The number of thiophene rings is 1. The minimum Gasteiger partial charge on any atom is -0.409 e. The van der Waals surface area contributed by atoms with Gasteiger partial charge in [-0.2, -0.15) is 0 Å². The molecule has 0 aliphatic carbocycles. The Hall–Kier alpha value is -1.56. The highest BCUT2D eigenvalue weighted by molar-refractivity contribution is 7.16. The Morgan fingerprint density at radius 3 is 2.62 bits per heavy atom. The zero-order valence-electron chi connectivity index (χ0n) is 11.7. The van der Waals surface area contributed by atoms with Gasteiger partial charge in [-0.25, -0.2) is 0 Å². The average molecular weight is 324 g/mol. The molecular formula is C15H18ClN3OS. The molecule has 1 aromatic heterocycles. The number of nitrogens with zero attached hydrogens (tertiary/aromatic N) is 2. The molecule has 2 aromatic rings. The quantitative estimate of drug-likeness (QED) is 0.369. The van der Waals surface area contributed by atoms with Crippen molar-refractivity contribution in [1.29, 1.82) is 0 Å². The van der Waals surface area contributed by atoms with E-state index in [1.807, 2.05) is 49.5 Å². The standard InChI is InChI=1S/C15H18ClN3OS/c1-19(10-12-7-8-14(16)21-12)13(9-15(17)18-20)11-5-3-2-4-6-11/h2-8,13,20H,9-10H2,1H3,(H2,17,18). The molecule has 0 saturated carbocycles. The van der Waals surface area contributed by atoms with Crippen LogP contribution in [0.5, 0.6) is 0 Å². The lowest BCUT2D eigenvalue weighted by Crippen LogP contribution is -2.28. The number of halogens is 1. The van der Waals surface area contributed by atoms with Gasteiger partial charge < -0.3 is 10.9 Å². The van der Waals surface area contributed by atoms with Gasteiger partial charge in [0.05, 0.1) is 4.34 Å². The third-order valence-electron chi connectivity index (χ3n) is 3.28. The molecular weight excluding hydrogens is 306 g/mol. The molecule has 3 N–H and O–H groups in total. The Morgan fingerprint density at radius 1 is 1.33 bits per heavy atom. The fraction of sp³-hybridized carbons (Fsp3) is 0.267. The van der Waals surface area contributed by atoms with Crippen LogP contribution in [0.3, 0.4) is 0 Å². The van der Waals surface area contributed by atoms with Gasteiger partial charge in [0.15, 0.2) is 0 Å². The second-order valence-electron chi connectivity index (χ2n) is 4.84. The summed E-state index contributed by atoms with van der Waals surface area (Å²) in [4.78, 5) is 3.36. The molecule has 0 radical (unpaired) electrons. The Bertz CT molecular complexity index is 600. The van der Waals surface area contributed by atoms with E-state index in [-0.39, 0.29) is 11.9 Å². The lowest BCUT2D eigenvalue weighted by atomic mass is 10.0. The summed E-state index contributed by atoms with van der Waals surface area (Å²) in [5, 5.41) is 11.9. The highest BCUT2D eigenvalue weighted by Crippen LogP contribution is 2.28. The van der Waals surface area contributed by atoms with E-state index in [4.69, 9.17) is 22.5 Å². The maximum Gasteiger partial charge on any atom is 0.141 e. The maximum atomic E-state index is 8.83. The van der Waals surface area contributed by atoms with Gasteiger partial charge in [-0.3, -0.25) is 4.90 Å². The van der Waals surface area contributed by atoms with Crippen molar-refractivity contribution in [3.63, 3.8) is 0 Å². The summed E-state index contributed by atoms with van der Waals surface area (Å²) in [7, 11) is 2.02. The third-order valence-corrected chi connectivity index (χ3v) is 4.50. The molecule has 0 aliphatic rings. The number of nitrogens with two attached hydrogens (primary N) is 1. The minimum atomic E-state index is 0.0444. The number of rotatable bonds is 6. The highest BCUT2D eigenvalue weighted by Gasteiger charge is 2.19. The lowest BCUT2D eigenvalue weighted by molar-refractivity contribution is 0.240. The van der Waals surface area contributed by atoms with Crippen molar-refractivity contribution in [3.8, 4) is 0 Å². The smallest absolute Gasteiger partial charge is 0.141 e. The largest absolute Gasteiger partial charge is 0.409 e. The van der Waals surface area contributed by atoms with Gasteiger partial charge in [-0.15, -0.1) is 11.3 Å². The van der Waals surface area contributed by atoms with Crippen LogP contribution in [0.4, 0.5) is 0 Å². The molecule has 0 fully saturated rings. The van der Waals surface area contributed by atoms with Crippen molar-refractivity contribution in [1.82, 2.24) is 4.90 Å². The molecule has 2 rings (SSSR count). The molecule has 0 amide bonds. The summed E-state index contributed by atoms with van der Waals surface area (Å²) in [6.07, 6.45) is 0.468. The average Bonchev–Trinajstić information content (AvgIpc) is 2.90. The van der Waals surface area contributed by atoms with Gasteiger partial charge in [-0.1, -0.05) is 47.1 Å². The van der Waals surface area contributed by atoms with Crippen molar-refractivity contribution in [2.24, 2.45) is 10.9 Å². The van der Waals surface area contributed by atoms with Crippen molar-refractivity contribution in [3.05, 3.63) is 57.2 Å². The lowest BCUT2D eigenvalue weighted by Gasteiger charge is -2.27. The van der Waals surface area contributed by atoms with Gasteiger partial charge in [0.1, 0.15) is 5.84 Å². The summed E-state index contributed by atoms with van der Waals surface area (Å²) >= 11 is 7.54. The predicted molar refractivity (Wildman–Crippen MR) is 88.0 cm³/mol. The van der Waals surface area contributed by atoms with E-state index in [2.05, 4.69) is 10.1 Å². The first kappa shape index (κ1) is 15.8. The number of hydrogen-bond donors (Lipinski definition) is 2. The van der Waals surface area contributed by atoms with Crippen LogP contribution in [0, 0.1) is 0 Å². The molecule has 0 saturated heterocycles. The predicted octanol–water partition coefficient (Wildman–Crippen LogP) is 3.71. The molecule has 0 bridgehead atoms. The van der Waals surface area contributed by atoms with E-state index >= 15 is 0 Å². The fourth-order valence-corrected chi connectivity index (χ4v) is 3.39. The van der Waals surface area contributed by atoms with E-state index in [1.165, 1.54) is 4.88 Å². The van der Waals surface area contributed by atoms with E-state index in [9.17, 15) is 0 Å². The van der Waals surface area contributed by atoms with Gasteiger partial charge in [0.25, 0.3) is 0 Å². The molecule has 0 spiro atoms. The van der Waals surface area contributed by atoms with Crippen LogP contribution in [0.1, 0.15) is 22.9 Å². The number of oxime groups is 1. The van der Waals surface area contributed by atoms with Gasteiger partial charge >= 0.3 is 0 Å². The molecule has 0 aliphatic heterocycles. The SMILES string of the molecule is CN(Cc1ccc(Cl)s1)C(CC(N)=NO)c1ccccc1. The summed E-state index contributed by atoms with van der Waals surface area (Å²) < 4.78 is 0.783. The summed E-state index contributed by atoms with van der Waals surface area (Å²) in [6.45, 7) is 0.760. The zero-order chi connectivity index (χ0) is 15.2. The Labute approximate surface area is 133 Å². The molecule has 1 heterocycles. The Morgan fingerprint density at radius 2 is 2.05 bits per heavy atom. The molecule has 1 atom stereocenters. The van der Waals surface area contributed by atoms with Crippen LogP contribution >= 0.6 is 22.9 Å². The number of hydrogen-bond acceptors (Lipinski definition) is 4. The van der Waals surface area contributed by atoms with E-state index < -0.39 is 0 Å². The molecule has 1 unspecified atom stereocenters. The van der Waals surface area contributed by atoms with Crippen LogP contribution in [0.2, 0.25) is 4.34 Å². The van der Waals surface area contributed by atoms with Gasteiger partial charge in [0, 0.05) is 23.9 Å². The topological polar surface area (TPSA) is 61.8 Å². The first-order chi connectivity index (χ1) is 10.1. The zero-order valence-corrected chi connectivity index (χ0v) is 13.3. The number of benzene rings is 1. The van der Waals surface area contributed by atoms with E-state index in [1.54, 1.807) is 11.3 Å². The Kier molecular flexibility index (Phi) is 5.61. The molecule has 21 heavy (non-hydrogen) atoms. The number of amidine groups is 1. The fourth-order valence-electron chi connectivity index (χ4n) is 2.24. The van der Waals surface area contributed by atoms with Crippen molar-refractivity contribution in [2.45, 2.75) is 19.0 Å². The van der Waals surface area contributed by atoms with Crippen LogP contribution in [0.15, 0.2) is 47.6 Å². The van der Waals surface area contributed by atoms with Crippen LogP contribution in [-0.2, 0) is 6.54 Å². The monoisotopic (exact) mass is 323 g/mol. The van der Waals surface area contributed by atoms with Crippen molar-refractivity contribution >= 4 is 28.8 Å². The van der Waals surface area contributed by atoms with Crippen LogP contribution in [-0.4, -0.2) is 23.0 Å². The maximum absolute atomic E-state index is 8.83. The molecule has 6 heteroatoms. The van der Waals surface area contributed by atoms with Crippen molar-refractivity contribution in [2.75, 3.05) is 7.05 Å². The molecule has 1 aromatic carbocycles. The highest BCUT2D eigenvalue weighted by atomic mass is 35.5. The first-order valence-corrected chi connectivity index (χ1v) is 7.75. The molecule has 4 nitrogen and oxygen atoms in total. The summed E-state index contributed by atoms with van der Waals surface area (Å²) in [5.74, 6) is 0.222. The third kappa shape index (κ3) is 4.46.